The number of benzene rings is 1. The van der Waals surface area contributed by atoms with Crippen molar-refractivity contribution in [2.45, 2.75) is 31.4 Å². The van der Waals surface area contributed by atoms with Crippen LogP contribution in [-0.2, 0) is 0 Å². The SMILES string of the molecule is O=c1c2ccccc2ccn1[C@H]1CCC[C@@H]1O. The zero-order valence-electron chi connectivity index (χ0n) is 9.54. The minimum atomic E-state index is -0.381. The summed E-state index contributed by atoms with van der Waals surface area (Å²) < 4.78 is 1.69. The summed E-state index contributed by atoms with van der Waals surface area (Å²) in [6.07, 6.45) is 4.10. The van der Waals surface area contributed by atoms with Crippen LogP contribution in [0, 0.1) is 0 Å². The monoisotopic (exact) mass is 229 g/mol. The van der Waals surface area contributed by atoms with Gasteiger partial charge in [-0.15, -0.1) is 0 Å². The summed E-state index contributed by atoms with van der Waals surface area (Å²) in [4.78, 5) is 12.3. The fraction of sp³-hybridized carbons (Fsp3) is 0.357. The molecule has 3 rings (SSSR count). The third kappa shape index (κ3) is 1.67. The lowest BCUT2D eigenvalue weighted by atomic mass is 10.1. The number of aliphatic hydroxyl groups excluding tert-OH is 1. The van der Waals surface area contributed by atoms with Crippen molar-refractivity contribution in [3.63, 3.8) is 0 Å². The third-order valence-electron chi connectivity index (χ3n) is 3.64. The quantitative estimate of drug-likeness (QED) is 0.813. The number of rotatable bonds is 1. The predicted octanol–water partition coefficient (Wildman–Crippen LogP) is 2.09. The Kier molecular flexibility index (Phi) is 2.48. The Morgan fingerprint density at radius 2 is 2.00 bits per heavy atom. The zero-order valence-corrected chi connectivity index (χ0v) is 9.54. The number of hydrogen-bond donors (Lipinski definition) is 1. The van der Waals surface area contributed by atoms with Gasteiger partial charge in [0.15, 0.2) is 0 Å². The number of fused-ring (bicyclic) bond motifs is 1. The highest BCUT2D eigenvalue weighted by molar-refractivity contribution is 5.81. The number of nitrogens with zero attached hydrogens (tertiary/aromatic N) is 1. The van der Waals surface area contributed by atoms with Gasteiger partial charge < -0.3 is 9.67 Å². The molecule has 0 bridgehead atoms. The van der Waals surface area contributed by atoms with Crippen molar-refractivity contribution in [1.29, 1.82) is 0 Å². The average Bonchev–Trinajstić information content (AvgIpc) is 2.76. The van der Waals surface area contributed by atoms with E-state index in [0.717, 1.165) is 30.0 Å². The molecule has 0 amide bonds. The normalized spacial score (nSPS) is 24.3. The van der Waals surface area contributed by atoms with Gasteiger partial charge in [0, 0.05) is 11.6 Å². The summed E-state index contributed by atoms with van der Waals surface area (Å²) in [5.74, 6) is 0. The molecule has 17 heavy (non-hydrogen) atoms. The molecule has 0 saturated heterocycles. The maximum Gasteiger partial charge on any atom is 0.258 e. The maximum atomic E-state index is 12.3. The van der Waals surface area contributed by atoms with Gasteiger partial charge in [0.25, 0.3) is 5.56 Å². The van der Waals surface area contributed by atoms with Gasteiger partial charge >= 0.3 is 0 Å². The predicted molar refractivity (Wildman–Crippen MR) is 67.1 cm³/mol. The second kappa shape index (κ2) is 4.00. The number of pyridine rings is 1. The molecule has 2 aromatic rings. The van der Waals surface area contributed by atoms with E-state index in [1.54, 1.807) is 4.57 Å². The fourth-order valence-electron chi connectivity index (χ4n) is 2.71. The summed E-state index contributed by atoms with van der Waals surface area (Å²) >= 11 is 0. The molecule has 1 aliphatic rings. The van der Waals surface area contributed by atoms with Gasteiger partial charge in [-0.05, 0) is 36.8 Å². The van der Waals surface area contributed by atoms with Crippen LogP contribution >= 0.6 is 0 Å². The van der Waals surface area contributed by atoms with E-state index in [4.69, 9.17) is 0 Å². The maximum absolute atomic E-state index is 12.3. The van der Waals surface area contributed by atoms with Crippen molar-refractivity contribution in [1.82, 2.24) is 4.57 Å². The van der Waals surface area contributed by atoms with Gasteiger partial charge in [-0.1, -0.05) is 18.2 Å². The Morgan fingerprint density at radius 3 is 2.76 bits per heavy atom. The van der Waals surface area contributed by atoms with Crippen LogP contribution in [0.3, 0.4) is 0 Å². The van der Waals surface area contributed by atoms with Crippen LogP contribution in [0.5, 0.6) is 0 Å². The van der Waals surface area contributed by atoms with E-state index in [-0.39, 0.29) is 17.7 Å². The van der Waals surface area contributed by atoms with Gasteiger partial charge in [-0.3, -0.25) is 4.79 Å². The lowest BCUT2D eigenvalue weighted by molar-refractivity contribution is 0.135. The molecule has 0 spiro atoms. The molecule has 1 fully saturated rings. The highest BCUT2D eigenvalue weighted by Gasteiger charge is 2.27. The van der Waals surface area contributed by atoms with Crippen molar-refractivity contribution in [3.8, 4) is 0 Å². The minimum absolute atomic E-state index is 0.00838. The Hall–Kier alpha value is -1.61. The molecule has 2 atom stereocenters. The standard InChI is InChI=1S/C14H15NO2/c16-13-7-3-6-12(13)15-9-8-10-4-1-2-5-11(10)14(15)17/h1-2,4-5,8-9,12-13,16H,3,6-7H2/t12-,13-/m0/s1. The van der Waals surface area contributed by atoms with E-state index in [1.807, 2.05) is 36.5 Å². The lowest BCUT2D eigenvalue weighted by Gasteiger charge is -2.18. The molecule has 3 heteroatoms. The van der Waals surface area contributed by atoms with E-state index < -0.39 is 0 Å². The molecule has 3 nitrogen and oxygen atoms in total. The van der Waals surface area contributed by atoms with Crippen LogP contribution in [0.4, 0.5) is 0 Å². The van der Waals surface area contributed by atoms with E-state index >= 15 is 0 Å². The third-order valence-corrected chi connectivity index (χ3v) is 3.64. The first-order valence-corrected chi connectivity index (χ1v) is 6.05. The topological polar surface area (TPSA) is 42.2 Å². The highest BCUT2D eigenvalue weighted by Crippen LogP contribution is 2.29. The second-order valence-corrected chi connectivity index (χ2v) is 4.68. The van der Waals surface area contributed by atoms with Gasteiger partial charge in [-0.2, -0.15) is 0 Å². The Balaban J connectivity index is 2.18. The van der Waals surface area contributed by atoms with E-state index in [1.165, 1.54) is 0 Å². The molecule has 1 heterocycles. The van der Waals surface area contributed by atoms with E-state index in [9.17, 15) is 9.90 Å². The summed E-state index contributed by atoms with van der Waals surface area (Å²) in [6, 6.07) is 9.48. The molecule has 1 aliphatic carbocycles. The van der Waals surface area contributed by atoms with Crippen LogP contribution in [-0.4, -0.2) is 15.8 Å². The summed E-state index contributed by atoms with van der Waals surface area (Å²) in [6.45, 7) is 0. The summed E-state index contributed by atoms with van der Waals surface area (Å²) in [5.41, 5.74) is 0.00838. The molecule has 0 radical (unpaired) electrons. The summed E-state index contributed by atoms with van der Waals surface area (Å²) in [5, 5.41) is 11.6. The smallest absolute Gasteiger partial charge is 0.258 e. The minimum Gasteiger partial charge on any atom is -0.391 e. The van der Waals surface area contributed by atoms with Crippen LogP contribution in [0.15, 0.2) is 41.3 Å². The Labute approximate surface area is 99.3 Å². The van der Waals surface area contributed by atoms with Crippen molar-refractivity contribution in [3.05, 3.63) is 46.9 Å². The average molecular weight is 229 g/mol. The first-order chi connectivity index (χ1) is 8.27. The molecule has 1 aromatic carbocycles. The van der Waals surface area contributed by atoms with E-state index in [0.29, 0.717) is 0 Å². The van der Waals surface area contributed by atoms with E-state index in [2.05, 4.69) is 0 Å². The molecule has 0 aliphatic heterocycles. The van der Waals surface area contributed by atoms with Gasteiger partial charge in [0.1, 0.15) is 0 Å². The van der Waals surface area contributed by atoms with Crippen molar-refractivity contribution in [2.24, 2.45) is 0 Å². The molecular weight excluding hydrogens is 214 g/mol. The van der Waals surface area contributed by atoms with Crippen molar-refractivity contribution >= 4 is 10.8 Å². The molecule has 0 unspecified atom stereocenters. The second-order valence-electron chi connectivity index (χ2n) is 4.68. The summed E-state index contributed by atoms with van der Waals surface area (Å²) in [7, 11) is 0. The largest absolute Gasteiger partial charge is 0.391 e. The molecule has 1 N–H and O–H groups in total. The van der Waals surface area contributed by atoms with Crippen LogP contribution in [0.2, 0.25) is 0 Å². The zero-order chi connectivity index (χ0) is 11.8. The molecule has 1 aromatic heterocycles. The van der Waals surface area contributed by atoms with Crippen LogP contribution in [0.1, 0.15) is 25.3 Å². The van der Waals surface area contributed by atoms with Crippen molar-refractivity contribution < 1.29 is 5.11 Å². The van der Waals surface area contributed by atoms with Crippen LogP contribution in [0.25, 0.3) is 10.8 Å². The molecule has 1 saturated carbocycles. The molecular formula is C14H15NO2. The van der Waals surface area contributed by atoms with Crippen molar-refractivity contribution in [2.75, 3.05) is 0 Å². The Morgan fingerprint density at radius 1 is 1.18 bits per heavy atom. The molecule has 88 valence electrons. The number of aromatic nitrogens is 1. The first-order valence-electron chi connectivity index (χ1n) is 6.05. The lowest BCUT2D eigenvalue weighted by Crippen LogP contribution is -2.28. The van der Waals surface area contributed by atoms with Gasteiger partial charge in [-0.25, -0.2) is 0 Å². The van der Waals surface area contributed by atoms with Crippen LogP contribution < -0.4 is 5.56 Å². The van der Waals surface area contributed by atoms with Gasteiger partial charge in [0.05, 0.1) is 12.1 Å². The van der Waals surface area contributed by atoms with Gasteiger partial charge in [0.2, 0.25) is 0 Å². The number of hydrogen-bond acceptors (Lipinski definition) is 2. The highest BCUT2D eigenvalue weighted by atomic mass is 16.3. The first kappa shape index (κ1) is 10.5. The number of aliphatic hydroxyl groups is 1. The fourth-order valence-corrected chi connectivity index (χ4v) is 2.71. The Bertz CT molecular complexity index is 602.